The van der Waals surface area contributed by atoms with Crippen molar-refractivity contribution in [1.82, 2.24) is 10.6 Å². The van der Waals surface area contributed by atoms with Crippen LogP contribution in [0, 0.1) is 5.92 Å². The summed E-state index contributed by atoms with van der Waals surface area (Å²) >= 11 is 1.47. The summed E-state index contributed by atoms with van der Waals surface area (Å²) in [5, 5.41) is 17.1. The van der Waals surface area contributed by atoms with Crippen molar-refractivity contribution in [2.45, 2.75) is 38.3 Å². The highest BCUT2D eigenvalue weighted by atomic mass is 32.1. The Morgan fingerprint density at radius 3 is 3.00 bits per heavy atom. The number of amides is 1. The first-order valence-electron chi connectivity index (χ1n) is 6.85. The number of aliphatic carboxylic acids is 1. The van der Waals surface area contributed by atoms with E-state index in [-0.39, 0.29) is 18.2 Å². The monoisotopic (exact) mass is 296 g/mol. The van der Waals surface area contributed by atoms with Crippen LogP contribution < -0.4 is 10.6 Å². The van der Waals surface area contributed by atoms with Crippen LogP contribution in [-0.2, 0) is 9.59 Å². The molecule has 1 fully saturated rings. The maximum atomic E-state index is 12.3. The lowest BCUT2D eigenvalue weighted by Crippen LogP contribution is -2.43. The third kappa shape index (κ3) is 4.05. The Morgan fingerprint density at radius 2 is 2.40 bits per heavy atom. The maximum Gasteiger partial charge on any atom is 0.305 e. The summed E-state index contributed by atoms with van der Waals surface area (Å²) in [6.45, 7) is 2.90. The van der Waals surface area contributed by atoms with Gasteiger partial charge in [-0.2, -0.15) is 0 Å². The molecule has 0 aliphatic carbocycles. The van der Waals surface area contributed by atoms with E-state index in [2.05, 4.69) is 17.6 Å². The van der Waals surface area contributed by atoms with E-state index in [1.165, 1.54) is 11.3 Å². The van der Waals surface area contributed by atoms with E-state index < -0.39 is 12.0 Å². The predicted molar refractivity (Wildman–Crippen MR) is 77.6 cm³/mol. The molecule has 1 aromatic rings. The molecule has 1 amide bonds. The first kappa shape index (κ1) is 15.0. The topological polar surface area (TPSA) is 78.4 Å². The quantitative estimate of drug-likeness (QED) is 0.774. The number of hydrogen-bond donors (Lipinski definition) is 3. The molecule has 1 saturated heterocycles. The SMILES string of the molecule is CC1CC(C(=O)NC(CC(=O)O)c2cccs2)CCN1. The number of thiophene rings is 1. The van der Waals surface area contributed by atoms with Crippen LogP contribution in [0.25, 0.3) is 0 Å². The van der Waals surface area contributed by atoms with Gasteiger partial charge in [0.15, 0.2) is 0 Å². The molecule has 0 saturated carbocycles. The molecule has 0 radical (unpaired) electrons. The molecule has 2 heterocycles. The van der Waals surface area contributed by atoms with E-state index in [1.807, 2.05) is 17.5 Å². The highest BCUT2D eigenvalue weighted by Gasteiger charge is 2.27. The Labute approximate surface area is 122 Å². The number of carbonyl (C=O) groups is 2. The van der Waals surface area contributed by atoms with Gasteiger partial charge in [-0.3, -0.25) is 9.59 Å². The average Bonchev–Trinajstić information content (AvgIpc) is 2.91. The summed E-state index contributed by atoms with van der Waals surface area (Å²) in [4.78, 5) is 24.2. The standard InChI is InChI=1S/C14H20N2O3S/c1-9-7-10(4-5-15-9)14(19)16-11(8-13(17)18)12-3-2-6-20-12/h2-3,6,9-11,15H,4-5,7-8H2,1H3,(H,16,19)(H,17,18). The summed E-state index contributed by atoms with van der Waals surface area (Å²) in [5.74, 6) is -0.956. The Balaban J connectivity index is 2.00. The van der Waals surface area contributed by atoms with Gasteiger partial charge in [-0.25, -0.2) is 0 Å². The molecule has 2 rings (SSSR count). The summed E-state index contributed by atoms with van der Waals surface area (Å²) in [7, 11) is 0. The van der Waals surface area contributed by atoms with Crippen molar-refractivity contribution in [1.29, 1.82) is 0 Å². The number of piperidine rings is 1. The van der Waals surface area contributed by atoms with Crippen molar-refractivity contribution in [3.63, 3.8) is 0 Å². The van der Waals surface area contributed by atoms with Crippen LogP contribution in [0.2, 0.25) is 0 Å². The van der Waals surface area contributed by atoms with E-state index in [9.17, 15) is 9.59 Å². The van der Waals surface area contributed by atoms with Crippen LogP contribution in [-0.4, -0.2) is 29.6 Å². The van der Waals surface area contributed by atoms with Gasteiger partial charge in [0.1, 0.15) is 0 Å². The molecule has 1 aliphatic rings. The third-order valence-corrected chi connectivity index (χ3v) is 4.56. The zero-order valence-electron chi connectivity index (χ0n) is 11.5. The van der Waals surface area contributed by atoms with Gasteiger partial charge in [0, 0.05) is 16.8 Å². The van der Waals surface area contributed by atoms with Gasteiger partial charge in [-0.05, 0) is 37.8 Å². The lowest BCUT2D eigenvalue weighted by Gasteiger charge is -2.28. The fourth-order valence-electron chi connectivity index (χ4n) is 2.55. The van der Waals surface area contributed by atoms with Crippen LogP contribution in [0.1, 0.15) is 37.1 Å². The molecule has 0 bridgehead atoms. The van der Waals surface area contributed by atoms with E-state index in [1.54, 1.807) is 0 Å². The fraction of sp³-hybridized carbons (Fsp3) is 0.571. The van der Waals surface area contributed by atoms with Crippen LogP contribution in [0.4, 0.5) is 0 Å². The maximum absolute atomic E-state index is 12.3. The van der Waals surface area contributed by atoms with Gasteiger partial charge in [0.25, 0.3) is 0 Å². The first-order chi connectivity index (χ1) is 9.56. The Bertz CT molecular complexity index is 461. The molecule has 20 heavy (non-hydrogen) atoms. The molecular formula is C14H20N2O3S. The fourth-order valence-corrected chi connectivity index (χ4v) is 3.32. The van der Waals surface area contributed by atoms with Crippen molar-refractivity contribution in [2.75, 3.05) is 6.54 Å². The van der Waals surface area contributed by atoms with Crippen molar-refractivity contribution in [3.05, 3.63) is 22.4 Å². The molecule has 0 aromatic carbocycles. The van der Waals surface area contributed by atoms with E-state index in [0.717, 1.165) is 24.3 Å². The lowest BCUT2D eigenvalue weighted by atomic mass is 9.92. The van der Waals surface area contributed by atoms with Crippen LogP contribution in [0.3, 0.4) is 0 Å². The first-order valence-corrected chi connectivity index (χ1v) is 7.73. The van der Waals surface area contributed by atoms with Gasteiger partial charge in [0.05, 0.1) is 12.5 Å². The van der Waals surface area contributed by atoms with Crippen LogP contribution in [0.15, 0.2) is 17.5 Å². The minimum absolute atomic E-state index is 0.0255. The Kier molecular flexibility index (Phi) is 5.14. The van der Waals surface area contributed by atoms with Crippen molar-refractivity contribution >= 4 is 23.2 Å². The summed E-state index contributed by atoms with van der Waals surface area (Å²) in [5.41, 5.74) is 0. The van der Waals surface area contributed by atoms with E-state index >= 15 is 0 Å². The van der Waals surface area contributed by atoms with Gasteiger partial charge >= 0.3 is 5.97 Å². The Hall–Kier alpha value is -1.40. The molecule has 6 heteroatoms. The minimum atomic E-state index is -0.901. The molecule has 1 aromatic heterocycles. The summed E-state index contributed by atoms with van der Waals surface area (Å²) in [6.07, 6.45) is 1.53. The molecular weight excluding hydrogens is 276 g/mol. The Morgan fingerprint density at radius 1 is 1.60 bits per heavy atom. The second-order valence-electron chi connectivity index (χ2n) is 5.25. The average molecular weight is 296 g/mol. The van der Waals surface area contributed by atoms with Crippen molar-refractivity contribution < 1.29 is 14.7 Å². The van der Waals surface area contributed by atoms with Gasteiger partial charge in [-0.15, -0.1) is 11.3 Å². The van der Waals surface area contributed by atoms with Crippen molar-refractivity contribution in [3.8, 4) is 0 Å². The van der Waals surface area contributed by atoms with Gasteiger partial charge < -0.3 is 15.7 Å². The molecule has 3 atom stereocenters. The molecule has 110 valence electrons. The van der Waals surface area contributed by atoms with E-state index in [0.29, 0.717) is 6.04 Å². The number of rotatable bonds is 5. The van der Waals surface area contributed by atoms with Crippen LogP contribution >= 0.6 is 11.3 Å². The number of carboxylic acids is 1. The summed E-state index contributed by atoms with van der Waals surface area (Å²) in [6, 6.07) is 3.64. The minimum Gasteiger partial charge on any atom is -0.481 e. The molecule has 3 N–H and O–H groups in total. The number of carboxylic acid groups (broad SMARTS) is 1. The zero-order chi connectivity index (χ0) is 14.5. The lowest BCUT2D eigenvalue weighted by molar-refractivity contribution is -0.138. The number of hydrogen-bond acceptors (Lipinski definition) is 4. The highest BCUT2D eigenvalue weighted by Crippen LogP contribution is 2.24. The summed E-state index contributed by atoms with van der Waals surface area (Å²) < 4.78 is 0. The van der Waals surface area contributed by atoms with Crippen molar-refractivity contribution in [2.24, 2.45) is 5.92 Å². The molecule has 0 spiro atoms. The second-order valence-corrected chi connectivity index (χ2v) is 6.23. The molecule has 1 aliphatic heterocycles. The van der Waals surface area contributed by atoms with Gasteiger partial charge in [-0.1, -0.05) is 6.07 Å². The number of carbonyl (C=O) groups excluding carboxylic acids is 1. The molecule has 3 unspecified atom stereocenters. The largest absolute Gasteiger partial charge is 0.481 e. The second kappa shape index (κ2) is 6.85. The van der Waals surface area contributed by atoms with E-state index in [4.69, 9.17) is 5.11 Å². The third-order valence-electron chi connectivity index (χ3n) is 3.58. The number of nitrogens with one attached hydrogen (secondary N) is 2. The smallest absolute Gasteiger partial charge is 0.305 e. The predicted octanol–water partition coefficient (Wildman–Crippen LogP) is 1.77. The zero-order valence-corrected chi connectivity index (χ0v) is 12.3. The normalized spacial score (nSPS) is 24.1. The van der Waals surface area contributed by atoms with Gasteiger partial charge in [0.2, 0.25) is 5.91 Å². The van der Waals surface area contributed by atoms with Crippen LogP contribution in [0.5, 0.6) is 0 Å². The highest BCUT2D eigenvalue weighted by molar-refractivity contribution is 7.10. The molecule has 5 nitrogen and oxygen atoms in total.